The lowest BCUT2D eigenvalue weighted by Crippen LogP contribution is -2.37. The monoisotopic (exact) mass is 471 g/mol. The highest BCUT2D eigenvalue weighted by Gasteiger charge is 2.33. The number of alkyl halides is 3. The molecule has 0 radical (unpaired) electrons. The van der Waals surface area contributed by atoms with Crippen molar-refractivity contribution < 1.29 is 22.7 Å². The summed E-state index contributed by atoms with van der Waals surface area (Å²) in [7, 11) is 0. The Kier molecular flexibility index (Phi) is 7.67. The number of halogens is 3. The minimum absolute atomic E-state index is 0.0235. The first kappa shape index (κ1) is 24.0. The zero-order valence-electron chi connectivity index (χ0n) is 18.9. The van der Waals surface area contributed by atoms with Gasteiger partial charge in [0.1, 0.15) is 5.82 Å². The summed E-state index contributed by atoms with van der Waals surface area (Å²) in [4.78, 5) is 19.3. The summed E-state index contributed by atoms with van der Waals surface area (Å²) in [5.41, 5.74) is 0.582. The van der Waals surface area contributed by atoms with Crippen LogP contribution in [0.1, 0.15) is 41.8 Å². The van der Waals surface area contributed by atoms with E-state index in [1.54, 1.807) is 27.9 Å². The molecule has 0 N–H and O–H groups in total. The number of hydrogen-bond acceptors (Lipinski definition) is 3. The van der Waals surface area contributed by atoms with Gasteiger partial charge in [0, 0.05) is 38.5 Å². The standard InChI is InChI=1S/C26H28F3N3O2/c27-26(28,29)23-11-5-4-9-21(23)17-31-15-14-30-24(31)19-32(18-22-10-6-16-34-22)25(33)13-12-20-7-2-1-3-8-20/h1-5,7-9,11,14-15,22H,6,10,12-13,16-19H2. The largest absolute Gasteiger partial charge is 0.416 e. The third-order valence-corrected chi connectivity index (χ3v) is 6.07. The molecular formula is C26H28F3N3O2. The van der Waals surface area contributed by atoms with E-state index in [2.05, 4.69) is 4.98 Å². The summed E-state index contributed by atoms with van der Waals surface area (Å²) < 4.78 is 47.8. The molecule has 1 unspecified atom stereocenters. The fourth-order valence-electron chi connectivity index (χ4n) is 4.27. The van der Waals surface area contributed by atoms with Gasteiger partial charge in [-0.15, -0.1) is 0 Å². The van der Waals surface area contributed by atoms with E-state index in [0.717, 1.165) is 24.5 Å². The highest BCUT2D eigenvalue weighted by Crippen LogP contribution is 2.32. The van der Waals surface area contributed by atoms with Crippen LogP contribution in [-0.2, 0) is 35.2 Å². The van der Waals surface area contributed by atoms with Crippen LogP contribution in [-0.4, -0.2) is 39.6 Å². The SMILES string of the molecule is O=C(CCc1ccccc1)N(Cc1nccn1Cc1ccccc1C(F)(F)F)CC1CCCO1. The highest BCUT2D eigenvalue weighted by molar-refractivity contribution is 5.76. The molecule has 2 heterocycles. The highest BCUT2D eigenvalue weighted by atomic mass is 19.4. The van der Waals surface area contributed by atoms with Crippen molar-refractivity contribution in [1.82, 2.24) is 14.5 Å². The Morgan fingerprint density at radius 1 is 1.12 bits per heavy atom. The van der Waals surface area contributed by atoms with Gasteiger partial charge in [0.15, 0.2) is 0 Å². The maximum absolute atomic E-state index is 13.5. The third kappa shape index (κ3) is 6.26. The summed E-state index contributed by atoms with van der Waals surface area (Å²) in [6, 6.07) is 15.3. The quantitative estimate of drug-likeness (QED) is 0.437. The molecule has 8 heteroatoms. The average molecular weight is 472 g/mol. The lowest BCUT2D eigenvalue weighted by atomic mass is 10.1. The van der Waals surface area contributed by atoms with Crippen molar-refractivity contribution in [1.29, 1.82) is 0 Å². The van der Waals surface area contributed by atoms with Gasteiger partial charge in [-0.1, -0.05) is 48.5 Å². The molecule has 34 heavy (non-hydrogen) atoms. The van der Waals surface area contributed by atoms with Crippen molar-refractivity contribution in [2.24, 2.45) is 0 Å². The Morgan fingerprint density at radius 2 is 1.88 bits per heavy atom. The second kappa shape index (κ2) is 10.9. The molecule has 0 spiro atoms. The molecule has 0 saturated carbocycles. The molecule has 5 nitrogen and oxygen atoms in total. The molecule has 0 aliphatic carbocycles. The van der Waals surface area contributed by atoms with Gasteiger partial charge in [0.2, 0.25) is 5.91 Å². The maximum Gasteiger partial charge on any atom is 0.416 e. The van der Waals surface area contributed by atoms with Gasteiger partial charge < -0.3 is 14.2 Å². The van der Waals surface area contributed by atoms with Crippen LogP contribution in [0.25, 0.3) is 0 Å². The number of benzene rings is 2. The smallest absolute Gasteiger partial charge is 0.376 e. The summed E-state index contributed by atoms with van der Waals surface area (Å²) in [6.07, 6.45) is 1.55. The van der Waals surface area contributed by atoms with E-state index in [9.17, 15) is 18.0 Å². The normalized spacial score (nSPS) is 16.0. The number of carbonyl (C=O) groups excluding carboxylic acids is 1. The van der Waals surface area contributed by atoms with E-state index >= 15 is 0 Å². The summed E-state index contributed by atoms with van der Waals surface area (Å²) in [5.74, 6) is 0.521. The minimum Gasteiger partial charge on any atom is -0.376 e. The van der Waals surface area contributed by atoms with Gasteiger partial charge in [-0.05, 0) is 36.5 Å². The number of nitrogens with zero attached hydrogens (tertiary/aromatic N) is 3. The molecule has 1 aromatic heterocycles. The predicted octanol–water partition coefficient (Wildman–Crippen LogP) is 5.09. The maximum atomic E-state index is 13.5. The van der Waals surface area contributed by atoms with Crippen molar-refractivity contribution in [3.63, 3.8) is 0 Å². The first-order valence-electron chi connectivity index (χ1n) is 11.5. The minimum atomic E-state index is -4.43. The van der Waals surface area contributed by atoms with E-state index in [1.807, 2.05) is 30.3 Å². The van der Waals surface area contributed by atoms with Crippen LogP contribution in [0.4, 0.5) is 13.2 Å². The van der Waals surface area contributed by atoms with E-state index in [1.165, 1.54) is 12.1 Å². The Balaban J connectivity index is 1.50. The number of ether oxygens (including phenoxy) is 1. The number of amides is 1. The van der Waals surface area contributed by atoms with Crippen molar-refractivity contribution in [2.75, 3.05) is 13.2 Å². The van der Waals surface area contributed by atoms with Gasteiger partial charge in [-0.25, -0.2) is 4.98 Å². The molecular weight excluding hydrogens is 443 g/mol. The van der Waals surface area contributed by atoms with Crippen molar-refractivity contribution in [2.45, 2.75) is 51.1 Å². The Labute approximate surface area is 197 Å². The van der Waals surface area contributed by atoms with Crippen LogP contribution in [0.2, 0.25) is 0 Å². The van der Waals surface area contributed by atoms with Gasteiger partial charge in [-0.2, -0.15) is 13.2 Å². The summed E-state index contributed by atoms with van der Waals surface area (Å²) in [5, 5.41) is 0. The Hall–Kier alpha value is -3.13. The first-order chi connectivity index (χ1) is 16.4. The molecule has 180 valence electrons. The van der Waals surface area contributed by atoms with Crippen LogP contribution < -0.4 is 0 Å². The van der Waals surface area contributed by atoms with Crippen LogP contribution in [0.15, 0.2) is 67.0 Å². The molecule has 1 saturated heterocycles. The van der Waals surface area contributed by atoms with E-state index < -0.39 is 11.7 Å². The van der Waals surface area contributed by atoms with Gasteiger partial charge in [0.05, 0.1) is 18.2 Å². The second-order valence-electron chi connectivity index (χ2n) is 8.52. The molecule has 2 aromatic carbocycles. The first-order valence-corrected chi connectivity index (χ1v) is 11.5. The number of aryl methyl sites for hydroxylation is 1. The van der Waals surface area contributed by atoms with Crippen LogP contribution in [0.5, 0.6) is 0 Å². The van der Waals surface area contributed by atoms with E-state index in [-0.39, 0.29) is 30.7 Å². The number of aromatic nitrogens is 2. The van der Waals surface area contributed by atoms with Gasteiger partial charge in [0.25, 0.3) is 0 Å². The molecule has 1 amide bonds. The lowest BCUT2D eigenvalue weighted by molar-refractivity contribution is -0.138. The number of carbonyl (C=O) groups is 1. The summed E-state index contributed by atoms with van der Waals surface area (Å²) >= 11 is 0. The van der Waals surface area contributed by atoms with Crippen molar-refractivity contribution >= 4 is 5.91 Å². The molecule has 1 aliphatic rings. The number of imidazole rings is 1. The zero-order chi connectivity index (χ0) is 24.0. The molecule has 3 aromatic rings. The van der Waals surface area contributed by atoms with E-state index in [4.69, 9.17) is 4.74 Å². The van der Waals surface area contributed by atoms with Crippen molar-refractivity contribution in [3.05, 3.63) is 89.5 Å². The van der Waals surface area contributed by atoms with Gasteiger partial charge in [-0.3, -0.25) is 4.79 Å². The van der Waals surface area contributed by atoms with Crippen LogP contribution >= 0.6 is 0 Å². The van der Waals surface area contributed by atoms with Crippen LogP contribution in [0.3, 0.4) is 0 Å². The van der Waals surface area contributed by atoms with Gasteiger partial charge >= 0.3 is 6.18 Å². The van der Waals surface area contributed by atoms with E-state index in [0.29, 0.717) is 31.8 Å². The molecule has 0 bridgehead atoms. The third-order valence-electron chi connectivity index (χ3n) is 6.07. The fourth-order valence-corrected chi connectivity index (χ4v) is 4.27. The topological polar surface area (TPSA) is 47.4 Å². The number of hydrogen-bond donors (Lipinski definition) is 0. The molecule has 4 rings (SSSR count). The zero-order valence-corrected chi connectivity index (χ0v) is 18.9. The second-order valence-corrected chi connectivity index (χ2v) is 8.52. The average Bonchev–Trinajstić information content (AvgIpc) is 3.50. The summed E-state index contributed by atoms with van der Waals surface area (Å²) in [6.45, 7) is 1.37. The Morgan fingerprint density at radius 3 is 2.62 bits per heavy atom. The van der Waals surface area contributed by atoms with Crippen molar-refractivity contribution in [3.8, 4) is 0 Å². The fraction of sp³-hybridized carbons (Fsp3) is 0.385. The molecule has 1 fully saturated rings. The van der Waals surface area contributed by atoms with Crippen LogP contribution in [0, 0.1) is 0 Å². The number of rotatable bonds is 9. The molecule has 1 atom stereocenters. The Bertz CT molecular complexity index is 1080. The molecule has 1 aliphatic heterocycles. The lowest BCUT2D eigenvalue weighted by Gasteiger charge is -2.26. The predicted molar refractivity (Wildman–Crippen MR) is 122 cm³/mol.